The number of hydrogen-bond acceptors (Lipinski definition) is 6. The second-order valence-corrected chi connectivity index (χ2v) is 6.24. The Balaban J connectivity index is 1.77. The highest BCUT2D eigenvalue weighted by molar-refractivity contribution is 5.89. The molecule has 28 heavy (non-hydrogen) atoms. The quantitative estimate of drug-likeness (QED) is 0.456. The topological polar surface area (TPSA) is 68.7 Å². The number of esters is 1. The molecule has 0 amide bonds. The Morgan fingerprint density at radius 3 is 2.64 bits per heavy atom. The minimum atomic E-state index is -0.374. The molecule has 2 aromatic heterocycles. The van der Waals surface area contributed by atoms with Gasteiger partial charge in [0.25, 0.3) is 0 Å². The van der Waals surface area contributed by atoms with E-state index >= 15 is 0 Å². The molecule has 144 valence electrons. The lowest BCUT2D eigenvalue weighted by atomic mass is 10.1. The Morgan fingerprint density at radius 2 is 2.00 bits per heavy atom. The van der Waals surface area contributed by atoms with Crippen LogP contribution >= 0.6 is 0 Å². The fourth-order valence-electron chi connectivity index (χ4n) is 2.76. The van der Waals surface area contributed by atoms with E-state index in [9.17, 15) is 4.79 Å². The predicted molar refractivity (Wildman–Crippen MR) is 104 cm³/mol. The summed E-state index contributed by atoms with van der Waals surface area (Å²) in [5.41, 5.74) is 2.13. The normalized spacial score (nSPS) is 10.6. The highest BCUT2D eigenvalue weighted by Crippen LogP contribution is 2.23. The number of carbonyl (C=O) groups is 1. The zero-order valence-electron chi connectivity index (χ0n) is 16.2. The monoisotopic (exact) mass is 378 g/mol. The summed E-state index contributed by atoms with van der Waals surface area (Å²) in [7, 11) is 1.36. The number of carbonyl (C=O) groups excluding carboxylic acids is 1. The summed E-state index contributed by atoms with van der Waals surface area (Å²) in [5.74, 6) is 7.79. The van der Waals surface area contributed by atoms with Gasteiger partial charge in [-0.25, -0.2) is 9.78 Å². The van der Waals surface area contributed by atoms with Gasteiger partial charge in [-0.05, 0) is 50.2 Å². The molecule has 0 aliphatic heterocycles. The molecule has 2 heterocycles. The zero-order valence-corrected chi connectivity index (χ0v) is 16.2. The first-order chi connectivity index (χ1) is 13.6. The minimum absolute atomic E-state index is 0.374. The van der Waals surface area contributed by atoms with Crippen molar-refractivity contribution in [3.8, 4) is 23.3 Å². The maximum absolute atomic E-state index is 11.6. The molecule has 0 unspecified atom stereocenters. The predicted octanol–water partition coefficient (Wildman–Crippen LogP) is 4.06. The van der Waals surface area contributed by atoms with Crippen molar-refractivity contribution >= 4 is 5.97 Å². The Morgan fingerprint density at radius 1 is 1.21 bits per heavy atom. The van der Waals surface area contributed by atoms with Gasteiger partial charge in [0.1, 0.15) is 11.5 Å². The third-order valence-electron chi connectivity index (χ3n) is 4.26. The van der Waals surface area contributed by atoms with Crippen LogP contribution in [0.15, 0.2) is 51.5 Å². The maximum Gasteiger partial charge on any atom is 0.337 e. The first-order valence-electron chi connectivity index (χ1n) is 8.90. The average molecular weight is 378 g/mol. The fraction of sp³-hybridized carbons (Fsp3) is 0.273. The molecule has 0 atom stereocenters. The average Bonchev–Trinajstić information content (AvgIpc) is 3.35. The molecular formula is C22H22N2O4. The van der Waals surface area contributed by atoms with Gasteiger partial charge >= 0.3 is 5.97 Å². The SMILES string of the molecule is CC#CCN(Cc1ccco1)Cc1nc(-c2ccc(C(=O)OC)cc2)oc1C. The molecular weight excluding hydrogens is 356 g/mol. The molecule has 6 nitrogen and oxygen atoms in total. The minimum Gasteiger partial charge on any atom is -0.468 e. The molecule has 0 saturated carbocycles. The van der Waals surface area contributed by atoms with Crippen LogP contribution in [-0.2, 0) is 17.8 Å². The van der Waals surface area contributed by atoms with E-state index in [1.54, 1.807) is 30.5 Å². The van der Waals surface area contributed by atoms with Crippen LogP contribution in [0.3, 0.4) is 0 Å². The van der Waals surface area contributed by atoms with E-state index in [1.807, 2.05) is 26.0 Å². The standard InChI is InChI=1S/C22H22N2O4/c1-4-5-12-24(14-19-7-6-13-27-19)15-20-16(2)28-21(23-20)17-8-10-18(11-9-17)22(25)26-3/h6-11,13H,12,14-15H2,1-3H3. The second-order valence-electron chi connectivity index (χ2n) is 6.24. The van der Waals surface area contributed by atoms with E-state index < -0.39 is 0 Å². The molecule has 1 aromatic carbocycles. The fourth-order valence-corrected chi connectivity index (χ4v) is 2.76. The Hall–Kier alpha value is -3.30. The number of oxazole rings is 1. The highest BCUT2D eigenvalue weighted by Gasteiger charge is 2.16. The van der Waals surface area contributed by atoms with Crippen LogP contribution < -0.4 is 0 Å². The number of aromatic nitrogens is 1. The molecule has 0 radical (unpaired) electrons. The number of aryl methyl sites for hydroxylation is 1. The summed E-state index contributed by atoms with van der Waals surface area (Å²) in [4.78, 5) is 18.4. The molecule has 0 aliphatic carbocycles. The van der Waals surface area contributed by atoms with Gasteiger partial charge in [0, 0.05) is 12.1 Å². The van der Waals surface area contributed by atoms with Crippen molar-refractivity contribution in [2.75, 3.05) is 13.7 Å². The zero-order chi connectivity index (χ0) is 19.9. The van der Waals surface area contributed by atoms with Gasteiger partial charge in [0.05, 0.1) is 37.7 Å². The van der Waals surface area contributed by atoms with Gasteiger partial charge in [-0.1, -0.05) is 5.92 Å². The van der Waals surface area contributed by atoms with Crippen molar-refractivity contribution in [2.24, 2.45) is 0 Å². The van der Waals surface area contributed by atoms with Crippen LogP contribution in [0, 0.1) is 18.8 Å². The molecule has 0 fully saturated rings. The summed E-state index contributed by atoms with van der Waals surface area (Å²) >= 11 is 0. The summed E-state index contributed by atoms with van der Waals surface area (Å²) in [6.45, 7) is 5.54. The number of rotatable bonds is 7. The summed E-state index contributed by atoms with van der Waals surface area (Å²) in [5, 5.41) is 0. The summed E-state index contributed by atoms with van der Waals surface area (Å²) in [6, 6.07) is 10.8. The van der Waals surface area contributed by atoms with E-state index in [4.69, 9.17) is 13.6 Å². The second kappa shape index (κ2) is 9.07. The number of nitrogens with zero attached hydrogens (tertiary/aromatic N) is 2. The molecule has 0 bridgehead atoms. The lowest BCUT2D eigenvalue weighted by Crippen LogP contribution is -2.23. The van der Waals surface area contributed by atoms with Gasteiger partial charge in [-0.2, -0.15) is 0 Å². The molecule has 0 aliphatic rings. The number of furan rings is 1. The molecule has 3 aromatic rings. The number of benzene rings is 1. The van der Waals surface area contributed by atoms with Crippen LogP contribution in [-0.4, -0.2) is 29.5 Å². The van der Waals surface area contributed by atoms with E-state index in [2.05, 4.69) is 21.7 Å². The van der Waals surface area contributed by atoms with E-state index in [0.29, 0.717) is 31.1 Å². The molecule has 0 N–H and O–H groups in total. The van der Waals surface area contributed by atoms with E-state index in [0.717, 1.165) is 22.8 Å². The first-order valence-corrected chi connectivity index (χ1v) is 8.90. The lowest BCUT2D eigenvalue weighted by molar-refractivity contribution is 0.0600. The Bertz CT molecular complexity index is 976. The van der Waals surface area contributed by atoms with E-state index in [-0.39, 0.29) is 5.97 Å². The van der Waals surface area contributed by atoms with Crippen LogP contribution in [0.25, 0.3) is 11.5 Å². The van der Waals surface area contributed by atoms with Crippen LogP contribution in [0.4, 0.5) is 0 Å². The van der Waals surface area contributed by atoms with Crippen LogP contribution in [0.1, 0.15) is 34.5 Å². The maximum atomic E-state index is 11.6. The van der Waals surface area contributed by atoms with Crippen molar-refractivity contribution in [3.05, 3.63) is 65.4 Å². The third kappa shape index (κ3) is 4.70. The first kappa shape index (κ1) is 19.5. The molecule has 0 spiro atoms. The Labute approximate surface area is 164 Å². The molecule has 3 rings (SSSR count). The van der Waals surface area contributed by atoms with Crippen LogP contribution in [0.2, 0.25) is 0 Å². The van der Waals surface area contributed by atoms with E-state index in [1.165, 1.54) is 7.11 Å². The summed E-state index contributed by atoms with van der Waals surface area (Å²) in [6.07, 6.45) is 1.66. The number of ether oxygens (including phenoxy) is 1. The van der Waals surface area contributed by atoms with Crippen molar-refractivity contribution in [1.29, 1.82) is 0 Å². The Kier molecular flexibility index (Phi) is 6.30. The lowest BCUT2D eigenvalue weighted by Gasteiger charge is -2.17. The smallest absolute Gasteiger partial charge is 0.337 e. The van der Waals surface area contributed by atoms with Gasteiger partial charge < -0.3 is 13.6 Å². The van der Waals surface area contributed by atoms with Crippen molar-refractivity contribution in [2.45, 2.75) is 26.9 Å². The molecule has 6 heteroatoms. The van der Waals surface area contributed by atoms with Gasteiger partial charge in [0.2, 0.25) is 5.89 Å². The number of methoxy groups -OCH3 is 1. The van der Waals surface area contributed by atoms with Gasteiger partial charge in [-0.3, -0.25) is 4.90 Å². The molecule has 0 saturated heterocycles. The summed E-state index contributed by atoms with van der Waals surface area (Å²) < 4.78 is 16.0. The van der Waals surface area contributed by atoms with Crippen molar-refractivity contribution in [1.82, 2.24) is 9.88 Å². The largest absolute Gasteiger partial charge is 0.468 e. The highest BCUT2D eigenvalue weighted by atomic mass is 16.5. The van der Waals surface area contributed by atoms with Crippen molar-refractivity contribution < 1.29 is 18.4 Å². The number of hydrogen-bond donors (Lipinski definition) is 0. The third-order valence-corrected chi connectivity index (χ3v) is 4.26. The van der Waals surface area contributed by atoms with Gasteiger partial charge in [-0.15, -0.1) is 5.92 Å². The van der Waals surface area contributed by atoms with Crippen molar-refractivity contribution in [3.63, 3.8) is 0 Å². The van der Waals surface area contributed by atoms with Gasteiger partial charge in [0.15, 0.2) is 0 Å². The van der Waals surface area contributed by atoms with Crippen LogP contribution in [0.5, 0.6) is 0 Å².